The molecule has 0 aliphatic heterocycles. The molecule has 0 fully saturated rings. The molecule has 2 nitrogen and oxygen atoms in total. The van der Waals surface area contributed by atoms with Gasteiger partial charge in [0.2, 0.25) is 0 Å². The summed E-state index contributed by atoms with van der Waals surface area (Å²) >= 11 is 1.84. The zero-order chi connectivity index (χ0) is 12.1. The zero-order valence-electron chi connectivity index (χ0n) is 10.3. The van der Waals surface area contributed by atoms with Gasteiger partial charge >= 0.3 is 0 Å². The van der Waals surface area contributed by atoms with Crippen molar-refractivity contribution in [2.24, 2.45) is 0 Å². The Kier molecular flexibility index (Phi) is 4.29. The first-order valence-electron chi connectivity index (χ1n) is 5.91. The molecule has 2 heterocycles. The molecule has 2 rings (SSSR count). The number of rotatable bonds is 5. The Bertz CT molecular complexity index is 450. The lowest BCUT2D eigenvalue weighted by molar-refractivity contribution is 0.555. The largest absolute Gasteiger partial charge is 0.312 e. The summed E-state index contributed by atoms with van der Waals surface area (Å²) in [6.45, 7) is 2.18. The molecule has 0 amide bonds. The molecule has 0 saturated carbocycles. The maximum Gasteiger partial charge on any atom is 0.0418 e. The molecule has 2 aromatic heterocycles. The van der Waals surface area contributed by atoms with Crippen molar-refractivity contribution < 1.29 is 0 Å². The van der Waals surface area contributed by atoms with Crippen LogP contribution in [0.5, 0.6) is 0 Å². The van der Waals surface area contributed by atoms with Gasteiger partial charge in [-0.15, -0.1) is 11.3 Å². The summed E-state index contributed by atoms with van der Waals surface area (Å²) in [5, 5.41) is 5.58. The second-order valence-corrected chi connectivity index (χ2v) is 5.15. The molecule has 0 spiro atoms. The van der Waals surface area contributed by atoms with Crippen molar-refractivity contribution in [2.45, 2.75) is 25.8 Å². The maximum absolute atomic E-state index is 4.04. The minimum absolute atomic E-state index is 0.461. The van der Waals surface area contributed by atoms with E-state index in [-0.39, 0.29) is 0 Å². The van der Waals surface area contributed by atoms with Crippen molar-refractivity contribution in [2.75, 3.05) is 7.05 Å². The lowest BCUT2D eigenvalue weighted by atomic mass is 10.0. The van der Waals surface area contributed by atoms with Gasteiger partial charge in [0.1, 0.15) is 0 Å². The van der Waals surface area contributed by atoms with Gasteiger partial charge in [-0.25, -0.2) is 0 Å². The van der Waals surface area contributed by atoms with Crippen LogP contribution in [0.1, 0.15) is 28.5 Å². The normalized spacial score (nSPS) is 12.6. The highest BCUT2D eigenvalue weighted by atomic mass is 32.1. The summed E-state index contributed by atoms with van der Waals surface area (Å²) in [6.07, 6.45) is 5.94. The summed E-state index contributed by atoms with van der Waals surface area (Å²) in [7, 11) is 2.04. The molecule has 1 N–H and O–H groups in total. The lowest BCUT2D eigenvalue weighted by Crippen LogP contribution is -2.16. The van der Waals surface area contributed by atoms with Gasteiger partial charge in [-0.1, -0.05) is 0 Å². The van der Waals surface area contributed by atoms with Gasteiger partial charge in [-0.2, -0.15) is 0 Å². The number of nitrogens with zero attached hydrogens (tertiary/aromatic N) is 1. The van der Waals surface area contributed by atoms with E-state index in [4.69, 9.17) is 0 Å². The van der Waals surface area contributed by atoms with Crippen LogP contribution in [0, 0.1) is 6.92 Å². The molecule has 2 aromatic rings. The average Bonchev–Trinajstić information content (AvgIpc) is 2.78. The molecule has 0 aromatic carbocycles. The van der Waals surface area contributed by atoms with E-state index in [0.29, 0.717) is 6.04 Å². The Morgan fingerprint density at radius 2 is 2.06 bits per heavy atom. The zero-order valence-corrected chi connectivity index (χ0v) is 11.1. The summed E-state index contributed by atoms with van der Waals surface area (Å²) < 4.78 is 0. The number of aryl methyl sites for hydroxylation is 2. The summed E-state index contributed by atoms with van der Waals surface area (Å²) in [6, 6.07) is 6.84. The van der Waals surface area contributed by atoms with Crippen LogP contribution >= 0.6 is 11.3 Å². The molecule has 1 atom stereocenters. The highest BCUT2D eigenvalue weighted by molar-refractivity contribution is 7.10. The Hall–Kier alpha value is -1.19. The summed E-state index contributed by atoms with van der Waals surface area (Å²) in [5.41, 5.74) is 2.75. The van der Waals surface area contributed by atoms with E-state index in [1.54, 1.807) is 0 Å². The van der Waals surface area contributed by atoms with Crippen molar-refractivity contribution in [3.8, 4) is 0 Å². The van der Waals surface area contributed by atoms with E-state index in [9.17, 15) is 0 Å². The van der Waals surface area contributed by atoms with Crippen LogP contribution in [-0.2, 0) is 6.42 Å². The second kappa shape index (κ2) is 5.94. The minimum Gasteiger partial charge on any atom is -0.312 e. The fraction of sp³-hybridized carbons (Fsp3) is 0.357. The second-order valence-electron chi connectivity index (χ2n) is 4.20. The van der Waals surface area contributed by atoms with Crippen LogP contribution in [0.3, 0.4) is 0 Å². The molecule has 3 heteroatoms. The van der Waals surface area contributed by atoms with Gasteiger partial charge in [0.15, 0.2) is 0 Å². The molecule has 17 heavy (non-hydrogen) atoms. The highest BCUT2D eigenvalue weighted by Gasteiger charge is 2.12. The van der Waals surface area contributed by atoms with Gasteiger partial charge in [-0.05, 0) is 61.5 Å². The maximum atomic E-state index is 4.04. The standard InChI is InChI=1S/C14H18N2S/c1-11-7-10-17-14(11)13(15-2)4-3-12-5-8-16-9-6-12/h5-10,13,15H,3-4H2,1-2H3. The van der Waals surface area contributed by atoms with Crippen LogP contribution in [-0.4, -0.2) is 12.0 Å². The fourth-order valence-corrected chi connectivity index (χ4v) is 3.08. The number of thiophene rings is 1. The van der Waals surface area contributed by atoms with Gasteiger partial charge in [0.05, 0.1) is 0 Å². The molecule has 0 bridgehead atoms. The molecular weight excluding hydrogens is 228 g/mol. The van der Waals surface area contributed by atoms with Crippen LogP contribution < -0.4 is 5.32 Å². The third kappa shape index (κ3) is 3.14. The third-order valence-electron chi connectivity index (χ3n) is 3.04. The van der Waals surface area contributed by atoms with Crippen LogP contribution in [0.25, 0.3) is 0 Å². The molecular formula is C14H18N2S. The van der Waals surface area contributed by atoms with Crippen LogP contribution in [0.2, 0.25) is 0 Å². The van der Waals surface area contributed by atoms with E-state index < -0.39 is 0 Å². The monoisotopic (exact) mass is 246 g/mol. The first-order valence-corrected chi connectivity index (χ1v) is 6.79. The molecule has 0 aliphatic carbocycles. The molecule has 0 radical (unpaired) electrons. The molecule has 0 aliphatic rings. The first-order chi connectivity index (χ1) is 8.31. The van der Waals surface area contributed by atoms with Gasteiger partial charge < -0.3 is 5.32 Å². The summed E-state index contributed by atoms with van der Waals surface area (Å²) in [5.74, 6) is 0. The Balaban J connectivity index is 2.00. The van der Waals surface area contributed by atoms with Crippen LogP contribution in [0.15, 0.2) is 36.0 Å². The Labute approximate surface area is 107 Å². The van der Waals surface area contributed by atoms with Crippen molar-refractivity contribution in [3.05, 3.63) is 52.0 Å². The van der Waals surface area contributed by atoms with E-state index in [2.05, 4.69) is 40.8 Å². The number of nitrogens with one attached hydrogen (secondary N) is 1. The average molecular weight is 246 g/mol. The summed E-state index contributed by atoms with van der Waals surface area (Å²) in [4.78, 5) is 5.50. The SMILES string of the molecule is CNC(CCc1ccncc1)c1sccc1C. The lowest BCUT2D eigenvalue weighted by Gasteiger charge is -2.15. The molecule has 90 valence electrons. The van der Waals surface area contributed by atoms with Crippen molar-refractivity contribution in [3.63, 3.8) is 0 Å². The van der Waals surface area contributed by atoms with E-state index in [1.165, 1.54) is 16.0 Å². The number of pyridine rings is 1. The quantitative estimate of drug-likeness (QED) is 0.875. The van der Waals surface area contributed by atoms with Gasteiger partial charge in [0.25, 0.3) is 0 Å². The van der Waals surface area contributed by atoms with Crippen molar-refractivity contribution in [1.82, 2.24) is 10.3 Å². The highest BCUT2D eigenvalue weighted by Crippen LogP contribution is 2.27. The number of hydrogen-bond acceptors (Lipinski definition) is 3. The minimum atomic E-state index is 0.461. The van der Waals surface area contributed by atoms with E-state index in [0.717, 1.165) is 12.8 Å². The van der Waals surface area contributed by atoms with Crippen LogP contribution in [0.4, 0.5) is 0 Å². The molecule has 0 saturated heterocycles. The predicted molar refractivity (Wildman–Crippen MR) is 73.4 cm³/mol. The number of hydrogen-bond donors (Lipinski definition) is 1. The number of aromatic nitrogens is 1. The van der Waals surface area contributed by atoms with Gasteiger partial charge in [-0.3, -0.25) is 4.98 Å². The van der Waals surface area contributed by atoms with Crippen molar-refractivity contribution >= 4 is 11.3 Å². The Morgan fingerprint density at radius 1 is 1.29 bits per heavy atom. The predicted octanol–water partition coefficient (Wildman–Crippen LogP) is 3.34. The smallest absolute Gasteiger partial charge is 0.0418 e. The third-order valence-corrected chi connectivity index (χ3v) is 4.17. The molecule has 1 unspecified atom stereocenters. The first kappa shape index (κ1) is 12.3. The van der Waals surface area contributed by atoms with E-state index in [1.807, 2.05) is 30.8 Å². The Morgan fingerprint density at radius 3 is 2.65 bits per heavy atom. The topological polar surface area (TPSA) is 24.9 Å². The van der Waals surface area contributed by atoms with E-state index >= 15 is 0 Å². The van der Waals surface area contributed by atoms with Gasteiger partial charge in [0, 0.05) is 23.3 Å². The van der Waals surface area contributed by atoms with Crippen molar-refractivity contribution in [1.29, 1.82) is 0 Å². The fourth-order valence-electron chi connectivity index (χ4n) is 2.01.